The highest BCUT2D eigenvalue weighted by atomic mass is 16.4. The summed E-state index contributed by atoms with van der Waals surface area (Å²) in [5.74, 6) is -1.13. The van der Waals surface area contributed by atoms with Gasteiger partial charge in [0.25, 0.3) is 0 Å². The zero-order valence-electron chi connectivity index (χ0n) is 9.53. The molecule has 3 nitrogen and oxygen atoms in total. The fourth-order valence-electron chi connectivity index (χ4n) is 2.33. The van der Waals surface area contributed by atoms with Crippen LogP contribution in [0, 0.1) is 13.8 Å². The van der Waals surface area contributed by atoms with Crippen LogP contribution in [-0.4, -0.2) is 22.3 Å². The van der Waals surface area contributed by atoms with Crippen LogP contribution in [0.25, 0.3) is 0 Å². The molecular formula is C13H16O3. The van der Waals surface area contributed by atoms with Crippen LogP contribution in [-0.2, 0) is 10.2 Å². The summed E-state index contributed by atoms with van der Waals surface area (Å²) in [4.78, 5) is 10.9. The topological polar surface area (TPSA) is 57.5 Å². The van der Waals surface area contributed by atoms with E-state index in [-0.39, 0.29) is 0 Å². The van der Waals surface area contributed by atoms with Crippen molar-refractivity contribution in [3.05, 3.63) is 34.9 Å². The molecule has 16 heavy (non-hydrogen) atoms. The first-order valence-electron chi connectivity index (χ1n) is 5.46. The van der Waals surface area contributed by atoms with Gasteiger partial charge in [0, 0.05) is 5.41 Å². The number of rotatable bonds is 3. The molecule has 0 amide bonds. The van der Waals surface area contributed by atoms with Gasteiger partial charge in [-0.05, 0) is 37.8 Å². The zero-order valence-corrected chi connectivity index (χ0v) is 9.53. The van der Waals surface area contributed by atoms with Crippen molar-refractivity contribution < 1.29 is 15.0 Å². The summed E-state index contributed by atoms with van der Waals surface area (Å²) in [6, 6.07) is 5.98. The number of aliphatic hydroxyl groups is 1. The van der Waals surface area contributed by atoms with Crippen LogP contribution in [0.1, 0.15) is 29.5 Å². The van der Waals surface area contributed by atoms with Gasteiger partial charge in [-0.2, -0.15) is 0 Å². The fraction of sp³-hybridized carbons (Fsp3) is 0.462. The molecule has 0 aromatic heterocycles. The Morgan fingerprint density at radius 1 is 1.38 bits per heavy atom. The van der Waals surface area contributed by atoms with Crippen molar-refractivity contribution in [1.29, 1.82) is 0 Å². The Labute approximate surface area is 94.7 Å². The molecule has 3 heteroatoms. The highest BCUT2D eigenvalue weighted by molar-refractivity contribution is 5.76. The first kappa shape index (κ1) is 11.1. The third kappa shape index (κ3) is 1.61. The lowest BCUT2D eigenvalue weighted by Gasteiger charge is -2.21. The lowest BCUT2D eigenvalue weighted by atomic mass is 9.86. The lowest BCUT2D eigenvalue weighted by molar-refractivity contribution is -0.148. The quantitative estimate of drug-likeness (QED) is 0.816. The van der Waals surface area contributed by atoms with E-state index in [2.05, 4.69) is 0 Å². The monoisotopic (exact) mass is 220 g/mol. The smallest absolute Gasteiger partial charge is 0.333 e. The second-order valence-corrected chi connectivity index (χ2v) is 4.72. The lowest BCUT2D eigenvalue weighted by Crippen LogP contribution is -2.34. The molecule has 2 N–H and O–H groups in total. The van der Waals surface area contributed by atoms with Crippen molar-refractivity contribution in [3.8, 4) is 0 Å². The van der Waals surface area contributed by atoms with Crippen molar-refractivity contribution in [2.24, 2.45) is 0 Å². The SMILES string of the molecule is Cc1ccc(C)c(C2(C(O)C(=O)O)CC2)c1. The molecule has 1 aromatic rings. The van der Waals surface area contributed by atoms with Crippen molar-refractivity contribution in [3.63, 3.8) is 0 Å². The number of aliphatic carboxylic acids is 1. The minimum Gasteiger partial charge on any atom is -0.479 e. The number of benzene rings is 1. The summed E-state index contributed by atoms with van der Waals surface area (Å²) in [5, 5.41) is 18.7. The van der Waals surface area contributed by atoms with Gasteiger partial charge in [-0.3, -0.25) is 0 Å². The van der Waals surface area contributed by atoms with Gasteiger partial charge in [-0.25, -0.2) is 4.79 Å². The molecule has 1 atom stereocenters. The Kier molecular flexibility index (Phi) is 2.50. The van der Waals surface area contributed by atoms with E-state index >= 15 is 0 Å². The summed E-state index contributed by atoms with van der Waals surface area (Å²) >= 11 is 0. The molecule has 0 spiro atoms. The first-order valence-corrected chi connectivity index (χ1v) is 5.46. The van der Waals surface area contributed by atoms with Gasteiger partial charge in [-0.15, -0.1) is 0 Å². The van der Waals surface area contributed by atoms with Gasteiger partial charge in [0.15, 0.2) is 6.10 Å². The Hall–Kier alpha value is -1.35. The molecule has 0 heterocycles. The highest BCUT2D eigenvalue weighted by Crippen LogP contribution is 2.52. The molecule has 1 fully saturated rings. The van der Waals surface area contributed by atoms with Crippen molar-refractivity contribution >= 4 is 5.97 Å². The number of carbonyl (C=O) groups is 1. The number of hydrogen-bond donors (Lipinski definition) is 2. The third-order valence-electron chi connectivity index (χ3n) is 3.48. The third-order valence-corrected chi connectivity index (χ3v) is 3.48. The van der Waals surface area contributed by atoms with Crippen LogP contribution in [0.5, 0.6) is 0 Å². The maximum absolute atomic E-state index is 10.9. The summed E-state index contributed by atoms with van der Waals surface area (Å²) in [5.41, 5.74) is 2.61. The second kappa shape index (κ2) is 3.59. The normalized spacial score (nSPS) is 19.2. The van der Waals surface area contributed by atoms with Crippen LogP contribution < -0.4 is 0 Å². The zero-order chi connectivity index (χ0) is 11.9. The maximum atomic E-state index is 10.9. The van der Waals surface area contributed by atoms with E-state index in [1.165, 1.54) is 0 Å². The van der Waals surface area contributed by atoms with Crippen LogP contribution in [0.3, 0.4) is 0 Å². The Balaban J connectivity index is 2.44. The van der Waals surface area contributed by atoms with E-state index in [0.29, 0.717) is 0 Å². The molecular weight excluding hydrogens is 204 g/mol. The second-order valence-electron chi connectivity index (χ2n) is 4.72. The van der Waals surface area contributed by atoms with E-state index in [0.717, 1.165) is 29.5 Å². The molecule has 1 aromatic carbocycles. The maximum Gasteiger partial charge on any atom is 0.333 e. The molecule has 1 saturated carbocycles. The average Bonchev–Trinajstić information content (AvgIpc) is 3.01. The minimum atomic E-state index is -1.28. The Morgan fingerprint density at radius 3 is 2.50 bits per heavy atom. The van der Waals surface area contributed by atoms with Crippen LogP contribution >= 0.6 is 0 Å². The van der Waals surface area contributed by atoms with Gasteiger partial charge in [-0.1, -0.05) is 23.8 Å². The summed E-state index contributed by atoms with van der Waals surface area (Å²) in [6.45, 7) is 3.94. The number of aliphatic hydroxyl groups excluding tert-OH is 1. The molecule has 2 rings (SSSR count). The van der Waals surface area contributed by atoms with Gasteiger partial charge >= 0.3 is 5.97 Å². The molecule has 1 aliphatic carbocycles. The van der Waals surface area contributed by atoms with E-state index < -0.39 is 17.5 Å². The van der Waals surface area contributed by atoms with Crippen LogP contribution in [0.15, 0.2) is 18.2 Å². The molecule has 86 valence electrons. The summed E-state index contributed by atoms with van der Waals surface area (Å²) in [6.07, 6.45) is 0.225. The predicted molar refractivity (Wildman–Crippen MR) is 60.5 cm³/mol. The molecule has 0 radical (unpaired) electrons. The molecule has 0 bridgehead atoms. The highest BCUT2D eigenvalue weighted by Gasteiger charge is 2.54. The van der Waals surface area contributed by atoms with Gasteiger partial charge in [0.05, 0.1) is 0 Å². The van der Waals surface area contributed by atoms with E-state index in [4.69, 9.17) is 5.11 Å². The summed E-state index contributed by atoms with van der Waals surface area (Å²) < 4.78 is 0. The minimum absolute atomic E-state index is 0.540. The van der Waals surface area contributed by atoms with E-state index in [1.807, 2.05) is 32.0 Å². The average molecular weight is 220 g/mol. The van der Waals surface area contributed by atoms with E-state index in [9.17, 15) is 9.90 Å². The number of carboxylic acids is 1. The van der Waals surface area contributed by atoms with Crippen molar-refractivity contribution in [2.45, 2.75) is 38.2 Å². The van der Waals surface area contributed by atoms with Gasteiger partial charge in [0.1, 0.15) is 0 Å². The number of carboxylic acid groups (broad SMARTS) is 1. The van der Waals surface area contributed by atoms with Gasteiger partial charge in [0.2, 0.25) is 0 Å². The van der Waals surface area contributed by atoms with Crippen LogP contribution in [0.4, 0.5) is 0 Å². The molecule has 1 unspecified atom stereocenters. The van der Waals surface area contributed by atoms with Gasteiger partial charge < -0.3 is 10.2 Å². The first-order chi connectivity index (χ1) is 7.47. The predicted octanol–water partition coefficient (Wildman–Crippen LogP) is 1.78. The number of aryl methyl sites for hydroxylation is 2. The standard InChI is InChI=1S/C13H16O3/c1-8-3-4-9(2)10(7-8)13(5-6-13)11(14)12(15)16/h3-4,7,11,14H,5-6H2,1-2H3,(H,15,16). The Bertz CT molecular complexity index is 433. The molecule has 0 aliphatic heterocycles. The molecule has 0 saturated heterocycles. The van der Waals surface area contributed by atoms with Crippen LogP contribution in [0.2, 0.25) is 0 Å². The number of hydrogen-bond acceptors (Lipinski definition) is 2. The Morgan fingerprint density at radius 2 is 2.00 bits per heavy atom. The molecule has 1 aliphatic rings. The van der Waals surface area contributed by atoms with Crippen molar-refractivity contribution in [1.82, 2.24) is 0 Å². The van der Waals surface area contributed by atoms with E-state index in [1.54, 1.807) is 0 Å². The summed E-state index contributed by atoms with van der Waals surface area (Å²) in [7, 11) is 0. The largest absolute Gasteiger partial charge is 0.479 e. The fourth-order valence-corrected chi connectivity index (χ4v) is 2.33. The van der Waals surface area contributed by atoms with Crippen molar-refractivity contribution in [2.75, 3.05) is 0 Å².